The van der Waals surface area contributed by atoms with Crippen molar-refractivity contribution >= 4 is 12.4 Å². The summed E-state index contributed by atoms with van der Waals surface area (Å²) >= 11 is 0. The molecule has 2 bridgehead atoms. The molecule has 4 unspecified atom stereocenters. The van der Waals surface area contributed by atoms with Crippen molar-refractivity contribution in [1.29, 1.82) is 0 Å². The van der Waals surface area contributed by atoms with E-state index in [9.17, 15) is 0 Å². The maximum atomic E-state index is 6.34. The van der Waals surface area contributed by atoms with Gasteiger partial charge in [-0.3, -0.25) is 0 Å². The maximum Gasteiger partial charge on any atom is 0.231 e. The van der Waals surface area contributed by atoms with Gasteiger partial charge in [-0.05, 0) is 43.2 Å². The van der Waals surface area contributed by atoms with E-state index in [0.717, 1.165) is 11.3 Å². The fraction of sp³-hybridized carbons (Fsp3) is 0.500. The molecule has 1 heterocycles. The topological polar surface area (TPSA) is 74.2 Å². The van der Waals surface area contributed by atoms with Crippen LogP contribution in [0.2, 0.25) is 0 Å². The van der Waals surface area contributed by atoms with Gasteiger partial charge < -0.3 is 15.0 Å². The summed E-state index contributed by atoms with van der Waals surface area (Å²) in [6.07, 6.45) is 3.70. The quantitative estimate of drug-likeness (QED) is 0.940. The number of rotatable bonds is 3. The molecule has 1 aromatic heterocycles. The first kappa shape index (κ1) is 15.3. The van der Waals surface area contributed by atoms with Crippen LogP contribution in [0.25, 0.3) is 11.4 Å². The third-order valence-corrected chi connectivity index (χ3v) is 5.04. The maximum absolute atomic E-state index is 6.34. The smallest absolute Gasteiger partial charge is 0.231 e. The van der Waals surface area contributed by atoms with Crippen molar-refractivity contribution in [2.45, 2.75) is 31.2 Å². The zero-order valence-electron chi connectivity index (χ0n) is 12.4. The Labute approximate surface area is 135 Å². The molecule has 2 aromatic rings. The van der Waals surface area contributed by atoms with E-state index in [1.54, 1.807) is 7.11 Å². The fourth-order valence-corrected chi connectivity index (χ4v) is 3.95. The van der Waals surface area contributed by atoms with Gasteiger partial charge in [0.15, 0.2) is 0 Å². The Morgan fingerprint density at radius 1 is 1.27 bits per heavy atom. The van der Waals surface area contributed by atoms with Crippen molar-refractivity contribution < 1.29 is 9.26 Å². The second-order valence-corrected chi connectivity index (χ2v) is 6.12. The van der Waals surface area contributed by atoms with E-state index in [1.807, 2.05) is 24.3 Å². The second-order valence-electron chi connectivity index (χ2n) is 6.12. The average molecular weight is 322 g/mol. The second kappa shape index (κ2) is 5.89. The minimum absolute atomic E-state index is 0. The molecule has 0 saturated heterocycles. The van der Waals surface area contributed by atoms with E-state index in [-0.39, 0.29) is 24.4 Å². The number of aromatic nitrogens is 2. The van der Waals surface area contributed by atoms with Crippen LogP contribution < -0.4 is 10.5 Å². The van der Waals surface area contributed by atoms with Gasteiger partial charge in [0.2, 0.25) is 11.7 Å². The van der Waals surface area contributed by atoms with Crippen molar-refractivity contribution in [2.75, 3.05) is 7.11 Å². The number of hydrogen-bond acceptors (Lipinski definition) is 5. The van der Waals surface area contributed by atoms with Gasteiger partial charge in [0, 0.05) is 11.6 Å². The van der Waals surface area contributed by atoms with Crippen LogP contribution in [0.15, 0.2) is 28.8 Å². The SMILES string of the molecule is COc1cccc(-c2noc(C3C4CCC(C4)C3N)n2)c1.Cl. The Hall–Kier alpha value is -1.59. The summed E-state index contributed by atoms with van der Waals surface area (Å²) in [5.74, 6) is 3.58. The molecular weight excluding hydrogens is 302 g/mol. The molecule has 2 fully saturated rings. The number of methoxy groups -OCH3 is 1. The first-order chi connectivity index (χ1) is 10.3. The molecule has 2 N–H and O–H groups in total. The summed E-state index contributed by atoms with van der Waals surface area (Å²) in [5.41, 5.74) is 7.25. The highest BCUT2D eigenvalue weighted by molar-refractivity contribution is 5.85. The lowest BCUT2D eigenvalue weighted by molar-refractivity contribution is 0.279. The van der Waals surface area contributed by atoms with Crippen LogP contribution in [0, 0.1) is 11.8 Å². The highest BCUT2D eigenvalue weighted by Crippen LogP contribution is 2.51. The molecule has 0 amide bonds. The Balaban J connectivity index is 0.00000144. The third-order valence-electron chi connectivity index (χ3n) is 5.04. The van der Waals surface area contributed by atoms with Crippen LogP contribution in [0.3, 0.4) is 0 Å². The van der Waals surface area contributed by atoms with E-state index in [4.69, 9.17) is 15.0 Å². The van der Waals surface area contributed by atoms with Gasteiger partial charge in [-0.2, -0.15) is 4.98 Å². The van der Waals surface area contributed by atoms with E-state index >= 15 is 0 Å². The molecule has 22 heavy (non-hydrogen) atoms. The first-order valence-corrected chi connectivity index (χ1v) is 7.50. The van der Waals surface area contributed by atoms with Crippen molar-refractivity contribution in [3.8, 4) is 17.1 Å². The molecular formula is C16H20ClN3O2. The average Bonchev–Trinajstić information content (AvgIpc) is 3.22. The van der Waals surface area contributed by atoms with Crippen LogP contribution in [0.1, 0.15) is 31.1 Å². The van der Waals surface area contributed by atoms with Crippen molar-refractivity contribution in [2.24, 2.45) is 17.6 Å². The lowest BCUT2D eigenvalue weighted by Crippen LogP contribution is -2.34. The lowest BCUT2D eigenvalue weighted by atomic mass is 9.85. The largest absolute Gasteiger partial charge is 0.497 e. The fourth-order valence-electron chi connectivity index (χ4n) is 3.95. The monoisotopic (exact) mass is 321 g/mol. The van der Waals surface area contributed by atoms with E-state index in [1.165, 1.54) is 19.3 Å². The minimum atomic E-state index is 0. The number of nitrogens with zero attached hydrogens (tertiary/aromatic N) is 2. The molecule has 2 saturated carbocycles. The van der Waals surface area contributed by atoms with Gasteiger partial charge in [0.05, 0.1) is 13.0 Å². The van der Waals surface area contributed by atoms with Gasteiger partial charge >= 0.3 is 0 Å². The van der Waals surface area contributed by atoms with E-state index in [2.05, 4.69) is 10.1 Å². The van der Waals surface area contributed by atoms with Gasteiger partial charge in [-0.15, -0.1) is 12.4 Å². The van der Waals surface area contributed by atoms with Gasteiger partial charge in [0.25, 0.3) is 0 Å². The number of halogens is 1. The molecule has 4 atom stereocenters. The molecule has 2 aliphatic rings. The minimum Gasteiger partial charge on any atom is -0.497 e. The Morgan fingerprint density at radius 3 is 2.82 bits per heavy atom. The highest BCUT2D eigenvalue weighted by atomic mass is 35.5. The molecule has 4 rings (SSSR count). The van der Waals surface area contributed by atoms with Crippen LogP contribution in [0.5, 0.6) is 5.75 Å². The number of nitrogens with two attached hydrogens (primary N) is 1. The number of hydrogen-bond donors (Lipinski definition) is 1. The zero-order chi connectivity index (χ0) is 14.4. The zero-order valence-corrected chi connectivity index (χ0v) is 13.3. The summed E-state index contributed by atoms with van der Waals surface area (Å²) in [5, 5.41) is 4.13. The molecule has 0 radical (unpaired) electrons. The number of ether oxygens (including phenoxy) is 1. The van der Waals surface area contributed by atoms with Gasteiger partial charge in [0.1, 0.15) is 5.75 Å². The summed E-state index contributed by atoms with van der Waals surface area (Å²) in [7, 11) is 1.65. The molecule has 5 nitrogen and oxygen atoms in total. The molecule has 2 aliphatic carbocycles. The Kier molecular flexibility index (Phi) is 4.10. The van der Waals surface area contributed by atoms with Crippen LogP contribution in [-0.2, 0) is 0 Å². The molecule has 0 aliphatic heterocycles. The van der Waals surface area contributed by atoms with Gasteiger partial charge in [-0.25, -0.2) is 0 Å². The molecule has 0 spiro atoms. The van der Waals surface area contributed by atoms with Crippen LogP contribution in [-0.4, -0.2) is 23.3 Å². The molecule has 118 valence electrons. The van der Waals surface area contributed by atoms with Crippen molar-refractivity contribution in [3.63, 3.8) is 0 Å². The summed E-state index contributed by atoms with van der Waals surface area (Å²) < 4.78 is 10.8. The summed E-state index contributed by atoms with van der Waals surface area (Å²) in [4.78, 5) is 4.59. The van der Waals surface area contributed by atoms with E-state index in [0.29, 0.717) is 23.6 Å². The number of fused-ring (bicyclic) bond motifs is 2. The van der Waals surface area contributed by atoms with Gasteiger partial charge in [-0.1, -0.05) is 17.3 Å². The standard InChI is InChI=1S/C16H19N3O2.ClH/c1-20-12-4-2-3-11(8-12)15-18-16(21-19-15)13-9-5-6-10(7-9)14(13)17;/h2-4,8-10,13-14H,5-7,17H2,1H3;1H. The Morgan fingerprint density at radius 2 is 2.09 bits per heavy atom. The molecule has 6 heteroatoms. The Bertz CT molecular complexity index is 658. The van der Waals surface area contributed by atoms with Crippen molar-refractivity contribution in [3.05, 3.63) is 30.2 Å². The summed E-state index contributed by atoms with van der Waals surface area (Å²) in [6, 6.07) is 7.86. The first-order valence-electron chi connectivity index (χ1n) is 7.50. The predicted octanol–water partition coefficient (Wildman–Crippen LogP) is 3.01. The number of benzene rings is 1. The van der Waals surface area contributed by atoms with Crippen LogP contribution >= 0.6 is 12.4 Å². The normalized spacial score (nSPS) is 29.4. The third kappa shape index (κ3) is 2.38. The van der Waals surface area contributed by atoms with E-state index < -0.39 is 0 Å². The predicted molar refractivity (Wildman–Crippen MR) is 85.1 cm³/mol. The van der Waals surface area contributed by atoms with Crippen LogP contribution in [0.4, 0.5) is 0 Å². The molecule has 1 aromatic carbocycles. The highest BCUT2D eigenvalue weighted by Gasteiger charge is 2.48. The summed E-state index contributed by atoms with van der Waals surface area (Å²) in [6.45, 7) is 0. The van der Waals surface area contributed by atoms with Crippen molar-refractivity contribution in [1.82, 2.24) is 10.1 Å². The lowest BCUT2D eigenvalue weighted by Gasteiger charge is -2.24.